The first-order valence-electron chi connectivity index (χ1n) is 4.41. The van der Waals surface area contributed by atoms with Gasteiger partial charge in [0.2, 0.25) is 0 Å². The molecule has 5 nitrogen and oxygen atoms in total. The molecule has 0 aliphatic heterocycles. The molecule has 0 bridgehead atoms. The number of aromatic nitrogens is 2. The SMILES string of the molecule is Cn1nccc1C(NN)c1ccc(Cl)o1. The summed E-state index contributed by atoms with van der Waals surface area (Å²) in [6.07, 6.45) is 1.70. The summed E-state index contributed by atoms with van der Waals surface area (Å²) in [6, 6.07) is 5.07. The second-order valence-corrected chi connectivity index (χ2v) is 3.49. The van der Waals surface area contributed by atoms with Gasteiger partial charge in [-0.2, -0.15) is 5.10 Å². The molecule has 0 aliphatic carbocycles. The fraction of sp³-hybridized carbons (Fsp3) is 0.222. The third-order valence-corrected chi connectivity index (χ3v) is 2.40. The van der Waals surface area contributed by atoms with E-state index in [1.54, 1.807) is 23.0 Å². The number of rotatable bonds is 3. The molecule has 0 amide bonds. The van der Waals surface area contributed by atoms with Crippen LogP contribution in [0.4, 0.5) is 0 Å². The molecule has 2 aromatic rings. The lowest BCUT2D eigenvalue weighted by molar-refractivity contribution is 0.439. The Hall–Kier alpha value is -1.30. The van der Waals surface area contributed by atoms with Crippen molar-refractivity contribution in [2.24, 2.45) is 12.9 Å². The average molecular weight is 227 g/mol. The van der Waals surface area contributed by atoms with Gasteiger partial charge in [0.05, 0.1) is 5.69 Å². The van der Waals surface area contributed by atoms with Gasteiger partial charge < -0.3 is 4.42 Å². The molecular formula is C9H11ClN4O. The second kappa shape index (κ2) is 4.06. The lowest BCUT2D eigenvalue weighted by Crippen LogP contribution is -2.30. The summed E-state index contributed by atoms with van der Waals surface area (Å²) in [5, 5.41) is 4.40. The maximum absolute atomic E-state index is 5.70. The van der Waals surface area contributed by atoms with E-state index < -0.39 is 0 Å². The molecule has 0 aromatic carbocycles. The van der Waals surface area contributed by atoms with Gasteiger partial charge in [0.15, 0.2) is 5.22 Å². The first-order chi connectivity index (χ1) is 7.22. The lowest BCUT2D eigenvalue weighted by atomic mass is 10.1. The Morgan fingerprint density at radius 3 is 2.80 bits per heavy atom. The molecule has 2 heterocycles. The smallest absolute Gasteiger partial charge is 0.193 e. The molecule has 6 heteroatoms. The molecule has 0 spiro atoms. The molecule has 0 aliphatic rings. The summed E-state index contributed by atoms with van der Waals surface area (Å²) < 4.78 is 7.02. The Morgan fingerprint density at radius 2 is 2.33 bits per heavy atom. The van der Waals surface area contributed by atoms with Crippen molar-refractivity contribution < 1.29 is 4.42 Å². The van der Waals surface area contributed by atoms with Gasteiger partial charge >= 0.3 is 0 Å². The maximum atomic E-state index is 5.70. The minimum atomic E-state index is -0.245. The van der Waals surface area contributed by atoms with Crippen LogP contribution in [-0.4, -0.2) is 9.78 Å². The zero-order valence-corrected chi connectivity index (χ0v) is 8.90. The molecule has 15 heavy (non-hydrogen) atoms. The summed E-state index contributed by atoms with van der Waals surface area (Å²) in [4.78, 5) is 0. The van der Waals surface area contributed by atoms with Gasteiger partial charge in [-0.15, -0.1) is 0 Å². The molecule has 1 atom stereocenters. The number of nitrogens with zero attached hydrogens (tertiary/aromatic N) is 2. The zero-order chi connectivity index (χ0) is 10.8. The first-order valence-corrected chi connectivity index (χ1v) is 4.79. The summed E-state index contributed by atoms with van der Waals surface area (Å²) in [5.41, 5.74) is 3.57. The molecule has 1 unspecified atom stereocenters. The Morgan fingerprint density at radius 1 is 1.53 bits per heavy atom. The van der Waals surface area contributed by atoms with E-state index in [4.69, 9.17) is 21.9 Å². The van der Waals surface area contributed by atoms with E-state index in [1.165, 1.54) is 0 Å². The fourth-order valence-electron chi connectivity index (χ4n) is 1.46. The third-order valence-electron chi connectivity index (χ3n) is 2.20. The van der Waals surface area contributed by atoms with Crippen LogP contribution < -0.4 is 11.3 Å². The highest BCUT2D eigenvalue weighted by atomic mass is 35.5. The molecule has 2 aromatic heterocycles. The van der Waals surface area contributed by atoms with Gasteiger partial charge in [-0.25, -0.2) is 5.43 Å². The second-order valence-electron chi connectivity index (χ2n) is 3.12. The van der Waals surface area contributed by atoms with E-state index in [-0.39, 0.29) is 6.04 Å². The molecular weight excluding hydrogens is 216 g/mol. The van der Waals surface area contributed by atoms with Gasteiger partial charge in [-0.1, -0.05) is 0 Å². The Balaban J connectivity index is 2.36. The minimum absolute atomic E-state index is 0.245. The van der Waals surface area contributed by atoms with E-state index in [2.05, 4.69) is 10.5 Å². The zero-order valence-electron chi connectivity index (χ0n) is 8.14. The molecule has 80 valence electrons. The topological polar surface area (TPSA) is 69.0 Å². The number of hydrogen-bond acceptors (Lipinski definition) is 4. The Labute approximate surface area is 91.8 Å². The van der Waals surface area contributed by atoms with Gasteiger partial charge in [-0.05, 0) is 29.8 Å². The van der Waals surface area contributed by atoms with E-state index in [0.29, 0.717) is 11.0 Å². The molecule has 3 N–H and O–H groups in total. The van der Waals surface area contributed by atoms with Crippen LogP contribution in [0.3, 0.4) is 0 Å². The van der Waals surface area contributed by atoms with Crippen LogP contribution in [0.1, 0.15) is 17.5 Å². The number of furan rings is 1. The van der Waals surface area contributed by atoms with Crippen molar-refractivity contribution in [3.8, 4) is 0 Å². The van der Waals surface area contributed by atoms with Crippen molar-refractivity contribution in [1.29, 1.82) is 0 Å². The summed E-state index contributed by atoms with van der Waals surface area (Å²) >= 11 is 5.70. The quantitative estimate of drug-likeness (QED) is 0.610. The van der Waals surface area contributed by atoms with Gasteiger partial charge in [0.1, 0.15) is 11.8 Å². The molecule has 0 saturated heterocycles. The van der Waals surface area contributed by atoms with Crippen molar-refractivity contribution in [2.45, 2.75) is 6.04 Å². The van der Waals surface area contributed by atoms with E-state index in [0.717, 1.165) is 5.69 Å². The summed E-state index contributed by atoms with van der Waals surface area (Å²) in [6.45, 7) is 0. The predicted molar refractivity (Wildman–Crippen MR) is 56.1 cm³/mol. The van der Waals surface area contributed by atoms with Crippen molar-refractivity contribution in [2.75, 3.05) is 0 Å². The van der Waals surface area contributed by atoms with E-state index in [1.807, 2.05) is 13.1 Å². The van der Waals surface area contributed by atoms with Crippen LogP contribution in [0.2, 0.25) is 5.22 Å². The summed E-state index contributed by atoms with van der Waals surface area (Å²) in [5.74, 6) is 6.14. The molecule has 0 saturated carbocycles. The highest BCUT2D eigenvalue weighted by Crippen LogP contribution is 2.24. The lowest BCUT2D eigenvalue weighted by Gasteiger charge is -2.13. The highest BCUT2D eigenvalue weighted by molar-refractivity contribution is 6.28. The number of nitrogens with two attached hydrogens (primary N) is 1. The van der Waals surface area contributed by atoms with Crippen LogP contribution in [0, 0.1) is 0 Å². The number of halogens is 1. The largest absolute Gasteiger partial charge is 0.448 e. The van der Waals surface area contributed by atoms with Gasteiger partial charge in [-0.3, -0.25) is 10.5 Å². The normalized spacial score (nSPS) is 13.0. The Kier molecular flexibility index (Phi) is 2.77. The maximum Gasteiger partial charge on any atom is 0.193 e. The van der Waals surface area contributed by atoms with Gasteiger partial charge in [0, 0.05) is 13.2 Å². The van der Waals surface area contributed by atoms with Crippen LogP contribution >= 0.6 is 11.6 Å². The average Bonchev–Trinajstić information content (AvgIpc) is 2.79. The number of nitrogens with one attached hydrogen (secondary N) is 1. The van der Waals surface area contributed by atoms with Crippen molar-refractivity contribution in [1.82, 2.24) is 15.2 Å². The first kappa shape index (κ1) is 10.2. The van der Waals surface area contributed by atoms with Crippen LogP contribution in [-0.2, 0) is 7.05 Å². The molecule has 0 radical (unpaired) electrons. The van der Waals surface area contributed by atoms with Crippen molar-refractivity contribution >= 4 is 11.6 Å². The molecule has 0 fully saturated rings. The number of hydrazine groups is 1. The van der Waals surface area contributed by atoms with Gasteiger partial charge in [0.25, 0.3) is 0 Å². The van der Waals surface area contributed by atoms with E-state index >= 15 is 0 Å². The van der Waals surface area contributed by atoms with Crippen molar-refractivity contribution in [3.05, 3.63) is 41.1 Å². The monoisotopic (exact) mass is 226 g/mol. The number of aryl methyl sites for hydroxylation is 1. The van der Waals surface area contributed by atoms with Crippen molar-refractivity contribution in [3.63, 3.8) is 0 Å². The van der Waals surface area contributed by atoms with E-state index in [9.17, 15) is 0 Å². The highest BCUT2D eigenvalue weighted by Gasteiger charge is 2.18. The third kappa shape index (κ3) is 1.90. The Bertz CT molecular complexity index is 450. The predicted octanol–water partition coefficient (Wildman–Crippen LogP) is 1.22. The van der Waals surface area contributed by atoms with Crippen LogP contribution in [0.25, 0.3) is 0 Å². The fourth-order valence-corrected chi connectivity index (χ4v) is 1.62. The number of hydrogen-bond donors (Lipinski definition) is 2. The van der Waals surface area contributed by atoms with Crippen LogP contribution in [0.15, 0.2) is 28.8 Å². The van der Waals surface area contributed by atoms with Crippen LogP contribution in [0.5, 0.6) is 0 Å². The minimum Gasteiger partial charge on any atom is -0.448 e. The standard InChI is InChI=1S/C9H11ClN4O/c1-14-6(4-5-12-14)9(13-11)7-2-3-8(10)15-7/h2-5,9,13H,11H2,1H3. The molecule has 2 rings (SSSR count). The summed E-state index contributed by atoms with van der Waals surface area (Å²) in [7, 11) is 1.84.